The third kappa shape index (κ3) is 5.53. The monoisotopic (exact) mass is 452 g/mol. The summed E-state index contributed by atoms with van der Waals surface area (Å²) in [5, 5.41) is 13.5. The third-order valence-corrected chi connectivity index (χ3v) is 7.06. The van der Waals surface area contributed by atoms with Crippen molar-refractivity contribution in [2.24, 2.45) is 11.8 Å². The van der Waals surface area contributed by atoms with Crippen molar-refractivity contribution in [1.29, 1.82) is 0 Å². The Morgan fingerprint density at radius 2 is 1.84 bits per heavy atom. The SMILES string of the molecule is Cc1ccc(-c2cc(=O)n(C[C@H]3CC[C@@H](COCC(=O)O)CC3)nc2-c2ccccc2)s1. The number of aromatic nitrogens is 2. The zero-order chi connectivity index (χ0) is 22.5. The third-order valence-electron chi connectivity index (χ3n) is 6.03. The number of thiophene rings is 1. The van der Waals surface area contributed by atoms with Crippen LogP contribution in [0.1, 0.15) is 30.6 Å². The fraction of sp³-hybridized carbons (Fsp3) is 0.400. The lowest BCUT2D eigenvalue weighted by Crippen LogP contribution is -2.29. The molecule has 0 amide bonds. The molecule has 2 heterocycles. The number of carbonyl (C=O) groups is 1. The molecule has 168 valence electrons. The Morgan fingerprint density at radius 1 is 1.12 bits per heavy atom. The molecular formula is C25H28N2O4S. The van der Waals surface area contributed by atoms with Crippen LogP contribution in [0.2, 0.25) is 0 Å². The summed E-state index contributed by atoms with van der Waals surface area (Å²) in [5.41, 5.74) is 2.65. The molecule has 1 fully saturated rings. The van der Waals surface area contributed by atoms with Crippen molar-refractivity contribution in [3.63, 3.8) is 0 Å². The predicted molar refractivity (Wildman–Crippen MR) is 126 cm³/mol. The second-order valence-corrected chi connectivity index (χ2v) is 9.79. The van der Waals surface area contributed by atoms with E-state index in [1.165, 1.54) is 4.88 Å². The number of nitrogens with zero attached hydrogens (tertiary/aromatic N) is 2. The molecule has 1 saturated carbocycles. The number of hydrogen-bond donors (Lipinski definition) is 1. The van der Waals surface area contributed by atoms with Gasteiger partial charge in [-0.15, -0.1) is 11.3 Å². The van der Waals surface area contributed by atoms with Crippen LogP contribution in [0.4, 0.5) is 0 Å². The van der Waals surface area contributed by atoms with E-state index >= 15 is 0 Å². The quantitative estimate of drug-likeness (QED) is 0.528. The van der Waals surface area contributed by atoms with Crippen LogP contribution in [0.5, 0.6) is 0 Å². The van der Waals surface area contributed by atoms with E-state index in [9.17, 15) is 9.59 Å². The zero-order valence-corrected chi connectivity index (χ0v) is 19.0. The van der Waals surface area contributed by atoms with E-state index in [0.717, 1.165) is 47.4 Å². The average molecular weight is 453 g/mol. The minimum atomic E-state index is -0.931. The molecule has 0 bridgehead atoms. The van der Waals surface area contributed by atoms with Gasteiger partial charge in [0.2, 0.25) is 0 Å². The summed E-state index contributed by atoms with van der Waals surface area (Å²) in [4.78, 5) is 25.8. The van der Waals surface area contributed by atoms with Crippen LogP contribution < -0.4 is 5.56 Å². The summed E-state index contributed by atoms with van der Waals surface area (Å²) in [5.74, 6) is -0.159. The molecule has 6 nitrogen and oxygen atoms in total. The Bertz CT molecular complexity index is 1110. The number of aryl methyl sites for hydroxylation is 1. The molecule has 1 aliphatic rings. The van der Waals surface area contributed by atoms with Gasteiger partial charge in [-0.05, 0) is 56.6 Å². The van der Waals surface area contributed by atoms with E-state index in [1.807, 2.05) is 30.3 Å². The van der Waals surface area contributed by atoms with Crippen molar-refractivity contribution in [3.05, 3.63) is 63.8 Å². The van der Waals surface area contributed by atoms with Gasteiger partial charge >= 0.3 is 5.97 Å². The first-order valence-corrected chi connectivity index (χ1v) is 11.8. The smallest absolute Gasteiger partial charge is 0.329 e. The Labute approximate surface area is 191 Å². The van der Waals surface area contributed by atoms with E-state index < -0.39 is 5.97 Å². The van der Waals surface area contributed by atoms with Crippen molar-refractivity contribution < 1.29 is 14.6 Å². The van der Waals surface area contributed by atoms with Crippen LogP contribution in [-0.2, 0) is 16.1 Å². The minimum absolute atomic E-state index is 0.0716. The maximum absolute atomic E-state index is 13.0. The number of aliphatic carboxylic acids is 1. The highest BCUT2D eigenvalue weighted by Crippen LogP contribution is 2.34. The van der Waals surface area contributed by atoms with E-state index in [1.54, 1.807) is 22.1 Å². The normalized spacial score (nSPS) is 18.5. The van der Waals surface area contributed by atoms with Crippen LogP contribution in [0, 0.1) is 18.8 Å². The van der Waals surface area contributed by atoms with Crippen molar-refractivity contribution in [2.45, 2.75) is 39.2 Å². The van der Waals surface area contributed by atoms with Gasteiger partial charge in [-0.2, -0.15) is 5.10 Å². The van der Waals surface area contributed by atoms with Gasteiger partial charge < -0.3 is 9.84 Å². The van der Waals surface area contributed by atoms with Gasteiger partial charge in [0.1, 0.15) is 6.61 Å². The maximum atomic E-state index is 13.0. The second kappa shape index (κ2) is 10.2. The van der Waals surface area contributed by atoms with Crippen LogP contribution in [0.15, 0.2) is 53.3 Å². The highest BCUT2D eigenvalue weighted by molar-refractivity contribution is 7.15. The van der Waals surface area contributed by atoms with Crippen molar-refractivity contribution >= 4 is 17.3 Å². The molecule has 0 spiro atoms. The highest BCUT2D eigenvalue weighted by atomic mass is 32.1. The van der Waals surface area contributed by atoms with E-state index in [2.05, 4.69) is 19.1 Å². The Morgan fingerprint density at radius 3 is 2.50 bits per heavy atom. The van der Waals surface area contributed by atoms with E-state index in [-0.39, 0.29) is 12.2 Å². The molecule has 0 radical (unpaired) electrons. The second-order valence-electron chi connectivity index (χ2n) is 8.50. The molecule has 7 heteroatoms. The summed E-state index contributed by atoms with van der Waals surface area (Å²) in [7, 11) is 0. The van der Waals surface area contributed by atoms with Gasteiger partial charge in [0.05, 0.1) is 12.3 Å². The van der Waals surface area contributed by atoms with Crippen LogP contribution >= 0.6 is 11.3 Å². The summed E-state index contributed by atoms with van der Waals surface area (Å²) < 4.78 is 6.89. The number of hydrogen-bond acceptors (Lipinski definition) is 5. The van der Waals surface area contributed by atoms with Crippen molar-refractivity contribution in [3.8, 4) is 21.7 Å². The molecule has 1 aromatic carbocycles. The standard InChI is InChI=1S/C25H28N2O4S/c1-17-7-12-22(32-17)21-13-23(28)27(26-25(21)20-5-3-2-4-6-20)14-18-8-10-19(11-9-18)15-31-16-24(29)30/h2-7,12-13,18-19H,8-11,14-16H2,1H3,(H,29,30)/t18-,19+. The average Bonchev–Trinajstić information content (AvgIpc) is 3.22. The van der Waals surface area contributed by atoms with E-state index in [0.29, 0.717) is 25.0 Å². The molecule has 1 aliphatic carbocycles. The molecule has 0 aliphatic heterocycles. The lowest BCUT2D eigenvalue weighted by Gasteiger charge is -2.28. The molecule has 4 rings (SSSR count). The summed E-state index contributed by atoms with van der Waals surface area (Å²) in [6.07, 6.45) is 3.94. The molecule has 0 unspecified atom stereocenters. The lowest BCUT2D eigenvalue weighted by molar-refractivity contribution is -0.142. The first kappa shape index (κ1) is 22.4. The van der Waals surface area contributed by atoms with Gasteiger partial charge in [-0.3, -0.25) is 4.79 Å². The fourth-order valence-electron chi connectivity index (χ4n) is 4.34. The predicted octanol–water partition coefficient (Wildman–Crippen LogP) is 4.85. The lowest BCUT2D eigenvalue weighted by atomic mass is 9.82. The van der Waals surface area contributed by atoms with Crippen LogP contribution in [0.3, 0.4) is 0 Å². The number of rotatable bonds is 8. The molecule has 32 heavy (non-hydrogen) atoms. The van der Waals surface area contributed by atoms with Crippen LogP contribution in [-0.4, -0.2) is 34.1 Å². The highest BCUT2D eigenvalue weighted by Gasteiger charge is 2.23. The molecule has 2 aromatic heterocycles. The van der Waals surface area contributed by atoms with Gasteiger partial charge in [0, 0.05) is 33.5 Å². The van der Waals surface area contributed by atoms with Crippen molar-refractivity contribution in [1.82, 2.24) is 9.78 Å². The summed E-state index contributed by atoms with van der Waals surface area (Å²) in [6, 6.07) is 15.9. The van der Waals surface area contributed by atoms with Crippen molar-refractivity contribution in [2.75, 3.05) is 13.2 Å². The summed E-state index contributed by atoms with van der Waals surface area (Å²) in [6.45, 7) is 2.92. The Kier molecular flexibility index (Phi) is 7.17. The van der Waals surface area contributed by atoms with Gasteiger partial charge in [0.15, 0.2) is 0 Å². The minimum Gasteiger partial charge on any atom is -0.480 e. The number of ether oxygens (including phenoxy) is 1. The van der Waals surface area contributed by atoms with E-state index in [4.69, 9.17) is 14.9 Å². The maximum Gasteiger partial charge on any atom is 0.329 e. The molecule has 1 N–H and O–H groups in total. The molecule has 0 atom stereocenters. The zero-order valence-electron chi connectivity index (χ0n) is 18.2. The first-order valence-electron chi connectivity index (χ1n) is 11.0. The van der Waals surface area contributed by atoms with Gasteiger partial charge in [-0.25, -0.2) is 9.48 Å². The van der Waals surface area contributed by atoms with Crippen LogP contribution in [0.25, 0.3) is 21.7 Å². The molecule has 3 aromatic rings. The molecular weight excluding hydrogens is 424 g/mol. The number of carboxylic acid groups (broad SMARTS) is 1. The van der Waals surface area contributed by atoms with Gasteiger partial charge in [-0.1, -0.05) is 30.3 Å². The number of carboxylic acids is 1. The fourth-order valence-corrected chi connectivity index (χ4v) is 5.22. The first-order chi connectivity index (χ1) is 15.5. The largest absolute Gasteiger partial charge is 0.480 e. The summed E-state index contributed by atoms with van der Waals surface area (Å²) >= 11 is 1.67. The number of benzene rings is 1. The Balaban J connectivity index is 1.52. The topological polar surface area (TPSA) is 81.4 Å². The van der Waals surface area contributed by atoms with Gasteiger partial charge in [0.25, 0.3) is 5.56 Å². The molecule has 0 saturated heterocycles. The Hall–Kier alpha value is -2.77.